The van der Waals surface area contributed by atoms with Gasteiger partial charge in [0.05, 0.1) is 14.2 Å². The molecular weight excluding hydrogens is 354 g/mol. The van der Waals surface area contributed by atoms with Gasteiger partial charge in [-0.2, -0.15) is 0 Å². The Morgan fingerprint density at radius 3 is 2.31 bits per heavy atom. The molecule has 1 aliphatic rings. The third kappa shape index (κ3) is 4.88. The van der Waals surface area contributed by atoms with Gasteiger partial charge in [-0.15, -0.1) is 0 Å². The van der Waals surface area contributed by atoms with Gasteiger partial charge in [-0.25, -0.2) is 13.1 Å². The lowest BCUT2D eigenvalue weighted by Gasteiger charge is -2.44. The van der Waals surface area contributed by atoms with Crippen molar-refractivity contribution in [3.8, 4) is 11.5 Å². The highest BCUT2D eigenvalue weighted by Crippen LogP contribution is 2.28. The number of nitrogens with zero attached hydrogens (tertiary/aromatic N) is 2. The predicted octanol–water partition coefficient (Wildman–Crippen LogP) is 1.40. The van der Waals surface area contributed by atoms with E-state index in [-0.39, 0.29) is 16.2 Å². The number of nitrogens with one attached hydrogen (secondary N) is 1. The van der Waals surface area contributed by atoms with Crippen molar-refractivity contribution in [2.45, 2.75) is 31.2 Å². The van der Waals surface area contributed by atoms with Gasteiger partial charge in [0, 0.05) is 44.3 Å². The van der Waals surface area contributed by atoms with E-state index in [2.05, 4.69) is 35.3 Å². The SMILES string of the molecule is CCN1CCN(C(C)(C)CNS(=O)(=O)c2ccc(OC)cc2OC)CC1. The minimum atomic E-state index is -3.68. The number of methoxy groups -OCH3 is 2. The van der Waals surface area contributed by atoms with E-state index in [9.17, 15) is 8.42 Å². The molecule has 7 nitrogen and oxygen atoms in total. The summed E-state index contributed by atoms with van der Waals surface area (Å²) in [6.45, 7) is 11.6. The standard InChI is InChI=1S/C18H31N3O4S/c1-6-20-9-11-21(12-10-20)18(2,3)14-19-26(22,23)17-8-7-15(24-4)13-16(17)25-5/h7-8,13,19H,6,9-12,14H2,1-5H3. The lowest BCUT2D eigenvalue weighted by molar-refractivity contribution is 0.0571. The highest BCUT2D eigenvalue weighted by atomic mass is 32.2. The van der Waals surface area contributed by atoms with Crippen molar-refractivity contribution >= 4 is 10.0 Å². The molecule has 0 radical (unpaired) electrons. The molecule has 0 spiro atoms. The molecule has 0 saturated carbocycles. The van der Waals surface area contributed by atoms with E-state index < -0.39 is 10.0 Å². The Morgan fingerprint density at radius 2 is 1.77 bits per heavy atom. The van der Waals surface area contributed by atoms with Gasteiger partial charge in [0.15, 0.2) is 0 Å². The highest BCUT2D eigenvalue weighted by molar-refractivity contribution is 7.89. The van der Waals surface area contributed by atoms with E-state index in [1.165, 1.54) is 20.3 Å². The summed E-state index contributed by atoms with van der Waals surface area (Å²) in [6.07, 6.45) is 0. The van der Waals surface area contributed by atoms with E-state index in [1.807, 2.05) is 0 Å². The first-order chi connectivity index (χ1) is 12.2. The molecule has 1 saturated heterocycles. The number of likely N-dealkylation sites (N-methyl/N-ethyl adjacent to an activating group) is 1. The third-order valence-corrected chi connectivity index (χ3v) is 6.47. The summed E-state index contributed by atoms with van der Waals surface area (Å²) >= 11 is 0. The molecule has 2 rings (SSSR count). The third-order valence-electron chi connectivity index (χ3n) is 5.03. The van der Waals surface area contributed by atoms with Crippen molar-refractivity contribution in [3.05, 3.63) is 18.2 Å². The van der Waals surface area contributed by atoms with Crippen LogP contribution in [0.25, 0.3) is 0 Å². The fourth-order valence-electron chi connectivity index (χ4n) is 3.13. The van der Waals surface area contributed by atoms with Crippen molar-refractivity contribution < 1.29 is 17.9 Å². The van der Waals surface area contributed by atoms with E-state index in [0.29, 0.717) is 12.3 Å². The fraction of sp³-hybridized carbons (Fsp3) is 0.667. The number of sulfonamides is 1. The van der Waals surface area contributed by atoms with Crippen LogP contribution in [0.2, 0.25) is 0 Å². The predicted molar refractivity (Wildman–Crippen MR) is 103 cm³/mol. The molecule has 0 amide bonds. The first-order valence-electron chi connectivity index (χ1n) is 8.92. The quantitative estimate of drug-likeness (QED) is 0.729. The first-order valence-corrected chi connectivity index (χ1v) is 10.4. The van der Waals surface area contributed by atoms with Crippen LogP contribution >= 0.6 is 0 Å². The molecule has 1 N–H and O–H groups in total. The molecule has 1 aromatic carbocycles. The zero-order valence-corrected chi connectivity index (χ0v) is 17.2. The molecular formula is C18H31N3O4S. The minimum absolute atomic E-state index is 0.118. The summed E-state index contributed by atoms with van der Waals surface area (Å²) in [5, 5.41) is 0. The normalized spacial score (nSPS) is 17.3. The van der Waals surface area contributed by atoms with Crippen LogP contribution in [0.3, 0.4) is 0 Å². The number of piperazine rings is 1. The number of hydrogen-bond donors (Lipinski definition) is 1. The van der Waals surface area contributed by atoms with Gasteiger partial charge in [-0.05, 0) is 32.5 Å². The Bertz CT molecular complexity index is 698. The maximum absolute atomic E-state index is 12.8. The fourth-order valence-corrected chi connectivity index (χ4v) is 4.48. The van der Waals surface area contributed by atoms with Crippen LogP contribution in [0.1, 0.15) is 20.8 Å². The van der Waals surface area contributed by atoms with Crippen LogP contribution < -0.4 is 14.2 Å². The Hall–Kier alpha value is -1.35. The summed E-state index contributed by atoms with van der Waals surface area (Å²) in [5.74, 6) is 0.821. The molecule has 26 heavy (non-hydrogen) atoms. The molecule has 1 heterocycles. The van der Waals surface area contributed by atoms with E-state index in [0.717, 1.165) is 32.7 Å². The second-order valence-corrected chi connectivity index (χ2v) is 8.81. The topological polar surface area (TPSA) is 71.1 Å². The molecule has 148 valence electrons. The van der Waals surface area contributed by atoms with Crippen molar-refractivity contribution in [2.24, 2.45) is 0 Å². The van der Waals surface area contributed by atoms with Crippen LogP contribution in [0.4, 0.5) is 0 Å². The Balaban J connectivity index is 2.07. The van der Waals surface area contributed by atoms with Crippen LogP contribution in [0.15, 0.2) is 23.1 Å². The first kappa shape index (κ1) is 21.0. The zero-order chi connectivity index (χ0) is 19.4. The van der Waals surface area contributed by atoms with Crippen LogP contribution in [-0.2, 0) is 10.0 Å². The van der Waals surface area contributed by atoms with Crippen molar-refractivity contribution in [1.82, 2.24) is 14.5 Å². The van der Waals surface area contributed by atoms with Crippen LogP contribution in [0, 0.1) is 0 Å². The second-order valence-electron chi connectivity index (χ2n) is 7.08. The molecule has 1 aliphatic heterocycles. The van der Waals surface area contributed by atoms with E-state index in [1.54, 1.807) is 12.1 Å². The summed E-state index contributed by atoms with van der Waals surface area (Å²) in [5.41, 5.74) is -0.271. The monoisotopic (exact) mass is 385 g/mol. The number of benzene rings is 1. The zero-order valence-electron chi connectivity index (χ0n) is 16.4. The number of ether oxygens (including phenoxy) is 2. The van der Waals surface area contributed by atoms with Crippen molar-refractivity contribution in [1.29, 1.82) is 0 Å². The molecule has 8 heteroatoms. The lowest BCUT2D eigenvalue weighted by atomic mass is 10.0. The lowest BCUT2D eigenvalue weighted by Crippen LogP contribution is -2.58. The van der Waals surface area contributed by atoms with Crippen LogP contribution in [0.5, 0.6) is 11.5 Å². The largest absolute Gasteiger partial charge is 0.497 e. The average molecular weight is 386 g/mol. The maximum atomic E-state index is 12.8. The summed E-state index contributed by atoms with van der Waals surface area (Å²) in [4.78, 5) is 4.86. The molecule has 0 bridgehead atoms. The van der Waals surface area contributed by atoms with Gasteiger partial charge >= 0.3 is 0 Å². The van der Waals surface area contributed by atoms with Gasteiger partial charge in [0.2, 0.25) is 10.0 Å². The van der Waals surface area contributed by atoms with Gasteiger partial charge in [0.1, 0.15) is 16.4 Å². The summed E-state index contributed by atoms with van der Waals surface area (Å²) in [6, 6.07) is 4.70. The average Bonchev–Trinajstić information content (AvgIpc) is 2.66. The van der Waals surface area contributed by atoms with Gasteiger partial charge in [-0.3, -0.25) is 4.90 Å². The minimum Gasteiger partial charge on any atom is -0.497 e. The van der Waals surface area contributed by atoms with Crippen molar-refractivity contribution in [2.75, 3.05) is 53.5 Å². The Kier molecular flexibility index (Phi) is 6.90. The van der Waals surface area contributed by atoms with Crippen molar-refractivity contribution in [3.63, 3.8) is 0 Å². The Labute approximate surface area is 157 Å². The maximum Gasteiger partial charge on any atom is 0.244 e. The Morgan fingerprint density at radius 1 is 1.12 bits per heavy atom. The summed E-state index contributed by atoms with van der Waals surface area (Å²) in [7, 11) is -0.704. The van der Waals surface area contributed by atoms with E-state index >= 15 is 0 Å². The highest BCUT2D eigenvalue weighted by Gasteiger charge is 2.31. The van der Waals surface area contributed by atoms with Gasteiger partial charge in [-0.1, -0.05) is 6.92 Å². The molecule has 1 fully saturated rings. The second kappa shape index (κ2) is 8.56. The molecule has 0 aliphatic carbocycles. The van der Waals surface area contributed by atoms with Gasteiger partial charge in [0.25, 0.3) is 0 Å². The number of hydrogen-bond acceptors (Lipinski definition) is 6. The molecule has 0 unspecified atom stereocenters. The van der Waals surface area contributed by atoms with E-state index in [4.69, 9.17) is 9.47 Å². The molecule has 0 aromatic heterocycles. The smallest absolute Gasteiger partial charge is 0.244 e. The van der Waals surface area contributed by atoms with Gasteiger partial charge < -0.3 is 14.4 Å². The van der Waals surface area contributed by atoms with Crippen LogP contribution in [-0.4, -0.2) is 77.2 Å². The summed E-state index contributed by atoms with van der Waals surface area (Å²) < 4.78 is 38.7. The molecule has 0 atom stereocenters. The molecule has 1 aromatic rings. The number of rotatable bonds is 8.